The van der Waals surface area contributed by atoms with E-state index < -0.39 is 10.0 Å². The molecule has 1 aromatic heterocycles. The summed E-state index contributed by atoms with van der Waals surface area (Å²) >= 11 is 0. The lowest BCUT2D eigenvalue weighted by Crippen LogP contribution is -2.37. The van der Waals surface area contributed by atoms with Crippen LogP contribution in [0.2, 0.25) is 0 Å². The van der Waals surface area contributed by atoms with Gasteiger partial charge in [-0.2, -0.15) is 5.10 Å². The molecule has 7 heteroatoms. The van der Waals surface area contributed by atoms with E-state index in [0.29, 0.717) is 10.8 Å². The zero-order chi connectivity index (χ0) is 24.1. The van der Waals surface area contributed by atoms with Gasteiger partial charge in [0.15, 0.2) is 0 Å². The molecule has 0 radical (unpaired) electrons. The van der Waals surface area contributed by atoms with Crippen LogP contribution >= 0.6 is 0 Å². The average molecular weight is 481 g/mol. The molecule has 1 atom stereocenters. The zero-order valence-corrected chi connectivity index (χ0v) is 21.3. The summed E-state index contributed by atoms with van der Waals surface area (Å²) in [7, 11) is -3.62. The maximum atomic E-state index is 13.2. The number of aromatic nitrogens is 2. The number of hydrogen-bond donors (Lipinski definition) is 1. The first-order valence-electron chi connectivity index (χ1n) is 12.3. The minimum absolute atomic E-state index is 0.271. The Morgan fingerprint density at radius 3 is 2.38 bits per heavy atom. The predicted octanol–water partition coefficient (Wildman–Crippen LogP) is 4.81. The van der Waals surface area contributed by atoms with Crippen molar-refractivity contribution in [2.45, 2.75) is 63.4 Å². The average Bonchev–Trinajstić information content (AvgIpc) is 3.23. The number of nitrogens with zero attached hydrogens (tertiary/aromatic N) is 3. The van der Waals surface area contributed by atoms with Crippen molar-refractivity contribution in [2.24, 2.45) is 0 Å². The fourth-order valence-corrected chi connectivity index (χ4v) is 6.50. The molecule has 0 saturated carbocycles. The molecule has 1 N–H and O–H groups in total. The predicted molar refractivity (Wildman–Crippen MR) is 136 cm³/mol. The number of sulfonamides is 1. The van der Waals surface area contributed by atoms with Gasteiger partial charge in [0, 0.05) is 24.2 Å². The number of benzene rings is 2. The van der Waals surface area contributed by atoms with Crippen LogP contribution in [0.5, 0.6) is 0 Å². The van der Waals surface area contributed by atoms with Crippen molar-refractivity contribution in [3.63, 3.8) is 0 Å². The summed E-state index contributed by atoms with van der Waals surface area (Å²) in [6.45, 7) is 9.84. The largest absolute Gasteiger partial charge is 0.303 e. The van der Waals surface area contributed by atoms with Crippen molar-refractivity contribution in [2.75, 3.05) is 19.6 Å². The second kappa shape index (κ2) is 10.8. The third-order valence-corrected chi connectivity index (χ3v) is 8.49. The topological polar surface area (TPSA) is 67.2 Å². The van der Waals surface area contributed by atoms with Crippen LogP contribution < -0.4 is 4.72 Å². The monoisotopic (exact) mass is 480 g/mol. The van der Waals surface area contributed by atoms with E-state index in [4.69, 9.17) is 0 Å². The third-order valence-electron chi connectivity index (χ3n) is 6.86. The number of rotatable bonds is 9. The van der Waals surface area contributed by atoms with Gasteiger partial charge in [0.2, 0.25) is 10.0 Å². The maximum absolute atomic E-state index is 13.2. The quantitative estimate of drug-likeness (QED) is 0.477. The van der Waals surface area contributed by atoms with E-state index in [-0.39, 0.29) is 6.04 Å². The SMILES string of the molecule is CCn1nc(C)cc1C1CCN(CC[C@@H](NS(=O)(=O)c2ccccc2C)c2ccccc2)CC1. The van der Waals surface area contributed by atoms with Gasteiger partial charge in [0.05, 0.1) is 10.6 Å². The molecule has 34 heavy (non-hydrogen) atoms. The first-order valence-corrected chi connectivity index (χ1v) is 13.8. The van der Waals surface area contributed by atoms with Crippen LogP contribution in [-0.4, -0.2) is 42.7 Å². The minimum Gasteiger partial charge on any atom is -0.303 e. The smallest absolute Gasteiger partial charge is 0.241 e. The molecule has 1 saturated heterocycles. The highest BCUT2D eigenvalue weighted by Gasteiger charge is 2.26. The summed E-state index contributed by atoms with van der Waals surface area (Å²) in [5, 5.41) is 4.62. The molecule has 1 aliphatic heterocycles. The lowest BCUT2D eigenvalue weighted by atomic mass is 9.92. The summed E-state index contributed by atoms with van der Waals surface area (Å²) in [4.78, 5) is 2.81. The highest BCUT2D eigenvalue weighted by atomic mass is 32.2. The number of likely N-dealkylation sites (tertiary alicyclic amines) is 1. The fourth-order valence-electron chi connectivity index (χ4n) is 5.00. The van der Waals surface area contributed by atoms with Crippen molar-refractivity contribution in [3.05, 3.63) is 83.2 Å². The van der Waals surface area contributed by atoms with E-state index in [1.54, 1.807) is 12.1 Å². The third kappa shape index (κ3) is 5.77. The minimum atomic E-state index is -3.62. The number of nitrogens with one attached hydrogen (secondary N) is 1. The van der Waals surface area contributed by atoms with E-state index in [1.807, 2.05) is 49.4 Å². The molecule has 2 aromatic carbocycles. The Morgan fingerprint density at radius 1 is 1.03 bits per heavy atom. The van der Waals surface area contributed by atoms with Crippen LogP contribution in [0.15, 0.2) is 65.6 Å². The highest BCUT2D eigenvalue weighted by Crippen LogP contribution is 2.30. The standard InChI is InChI=1S/C27H36N4O2S/c1-4-31-26(20-22(3)28-31)24-14-17-30(18-15-24)19-16-25(23-11-6-5-7-12-23)29-34(32,33)27-13-9-8-10-21(27)2/h5-13,20,24-25,29H,4,14-19H2,1-3H3/t25-/m1/s1. The van der Waals surface area contributed by atoms with Gasteiger partial charge in [0.1, 0.15) is 0 Å². The molecule has 6 nitrogen and oxygen atoms in total. The van der Waals surface area contributed by atoms with Crippen LogP contribution in [0.1, 0.15) is 60.7 Å². The molecule has 0 unspecified atom stereocenters. The normalized spacial score (nSPS) is 16.6. The summed E-state index contributed by atoms with van der Waals surface area (Å²) < 4.78 is 31.6. The van der Waals surface area contributed by atoms with Gasteiger partial charge in [-0.3, -0.25) is 4.68 Å². The van der Waals surface area contributed by atoms with E-state index in [9.17, 15) is 8.42 Å². The van der Waals surface area contributed by atoms with E-state index >= 15 is 0 Å². The molecular formula is C27H36N4O2S. The van der Waals surface area contributed by atoms with Crippen molar-refractivity contribution in [1.29, 1.82) is 0 Å². The van der Waals surface area contributed by atoms with Gasteiger partial charge in [-0.15, -0.1) is 0 Å². The van der Waals surface area contributed by atoms with Gasteiger partial charge >= 0.3 is 0 Å². The molecule has 2 heterocycles. The Kier molecular flexibility index (Phi) is 7.86. The van der Waals surface area contributed by atoms with Crippen molar-refractivity contribution in [1.82, 2.24) is 19.4 Å². The van der Waals surface area contributed by atoms with E-state index in [2.05, 4.69) is 39.3 Å². The van der Waals surface area contributed by atoms with Crippen LogP contribution in [-0.2, 0) is 16.6 Å². The Bertz CT molecular complexity index is 1180. The first kappa shape index (κ1) is 24.6. The lowest BCUT2D eigenvalue weighted by Gasteiger charge is -2.33. The molecular weight excluding hydrogens is 444 g/mol. The molecule has 0 spiro atoms. The molecule has 1 fully saturated rings. The van der Waals surface area contributed by atoms with Gasteiger partial charge in [-0.05, 0) is 82.9 Å². The Labute approximate surface area is 204 Å². The van der Waals surface area contributed by atoms with Crippen LogP contribution in [0.3, 0.4) is 0 Å². The van der Waals surface area contributed by atoms with Gasteiger partial charge in [-0.25, -0.2) is 13.1 Å². The van der Waals surface area contributed by atoms with Gasteiger partial charge in [-0.1, -0.05) is 48.5 Å². The molecule has 3 aromatic rings. The molecule has 0 bridgehead atoms. The van der Waals surface area contributed by atoms with Crippen molar-refractivity contribution < 1.29 is 8.42 Å². The van der Waals surface area contributed by atoms with E-state index in [1.165, 1.54) is 5.69 Å². The lowest BCUT2D eigenvalue weighted by molar-refractivity contribution is 0.201. The van der Waals surface area contributed by atoms with Gasteiger partial charge < -0.3 is 4.90 Å². The maximum Gasteiger partial charge on any atom is 0.241 e. The summed E-state index contributed by atoms with van der Waals surface area (Å²) in [5.41, 5.74) is 4.20. The Hall–Kier alpha value is -2.48. The summed E-state index contributed by atoms with van der Waals surface area (Å²) in [6.07, 6.45) is 2.94. The molecule has 0 amide bonds. The zero-order valence-electron chi connectivity index (χ0n) is 20.4. The summed E-state index contributed by atoms with van der Waals surface area (Å²) in [6, 6.07) is 19.0. The number of hydrogen-bond acceptors (Lipinski definition) is 4. The van der Waals surface area contributed by atoms with Crippen LogP contribution in [0.4, 0.5) is 0 Å². The second-order valence-corrected chi connectivity index (χ2v) is 11.0. The van der Waals surface area contributed by atoms with Gasteiger partial charge in [0.25, 0.3) is 0 Å². The van der Waals surface area contributed by atoms with Crippen LogP contribution in [0, 0.1) is 13.8 Å². The van der Waals surface area contributed by atoms with E-state index in [0.717, 1.165) is 62.3 Å². The Balaban J connectivity index is 1.42. The second-order valence-electron chi connectivity index (χ2n) is 9.28. The number of aryl methyl sites for hydroxylation is 3. The highest BCUT2D eigenvalue weighted by molar-refractivity contribution is 7.89. The van der Waals surface area contributed by atoms with Crippen molar-refractivity contribution in [3.8, 4) is 0 Å². The molecule has 4 rings (SSSR count). The first-order chi connectivity index (χ1) is 16.4. The molecule has 182 valence electrons. The number of piperidine rings is 1. The van der Waals surface area contributed by atoms with Crippen molar-refractivity contribution >= 4 is 10.0 Å². The molecule has 0 aliphatic carbocycles. The Morgan fingerprint density at radius 2 is 1.71 bits per heavy atom. The molecule has 1 aliphatic rings. The van der Waals surface area contributed by atoms with Crippen LogP contribution in [0.25, 0.3) is 0 Å². The summed E-state index contributed by atoms with van der Waals surface area (Å²) in [5.74, 6) is 0.543. The fraction of sp³-hybridized carbons (Fsp3) is 0.444.